The van der Waals surface area contributed by atoms with Gasteiger partial charge in [-0.1, -0.05) is 22.6 Å². The van der Waals surface area contributed by atoms with E-state index in [4.69, 9.17) is 28.4 Å². The molecule has 0 unspecified atom stereocenters. The highest BCUT2D eigenvalue weighted by atomic mass is 127. The summed E-state index contributed by atoms with van der Waals surface area (Å²) < 4.78 is 37.4. The molecule has 0 amide bonds. The number of alkyl halides is 1. The maximum absolute atomic E-state index is 10.8. The van der Waals surface area contributed by atoms with Crippen LogP contribution in [0.1, 0.15) is 6.42 Å². The van der Waals surface area contributed by atoms with Gasteiger partial charge in [0.1, 0.15) is 0 Å². The molecule has 0 atom stereocenters. The van der Waals surface area contributed by atoms with Crippen molar-refractivity contribution in [3.8, 4) is 0 Å². The molecule has 0 aromatic heterocycles. The highest BCUT2D eigenvalue weighted by molar-refractivity contribution is 14.1. The van der Waals surface area contributed by atoms with Gasteiger partial charge in [-0.2, -0.15) is 0 Å². The molecular weight excluding hydrogens is 447 g/mol. The highest BCUT2D eigenvalue weighted by Crippen LogP contribution is 1.88. The molecule has 0 bridgehead atoms. The van der Waals surface area contributed by atoms with Crippen molar-refractivity contribution < 1.29 is 38.0 Å². The van der Waals surface area contributed by atoms with Crippen LogP contribution in [0.5, 0.6) is 0 Å². The summed E-state index contributed by atoms with van der Waals surface area (Å²) in [4.78, 5) is 10.8. The Morgan fingerprint density at radius 2 is 0.920 bits per heavy atom. The van der Waals surface area contributed by atoms with Crippen LogP contribution in [0.15, 0.2) is 0 Å². The van der Waals surface area contributed by atoms with E-state index in [9.17, 15) is 4.79 Å². The number of rotatable bonds is 20. The van der Waals surface area contributed by atoms with E-state index >= 15 is 0 Å². The zero-order chi connectivity index (χ0) is 18.4. The number of ether oxygens (including phenoxy) is 7. The van der Waals surface area contributed by atoms with Gasteiger partial charge >= 0.3 is 5.97 Å². The van der Waals surface area contributed by atoms with Crippen molar-refractivity contribution in [2.24, 2.45) is 0 Å². The van der Waals surface area contributed by atoms with Gasteiger partial charge in [0.25, 0.3) is 0 Å². The number of carbonyl (C=O) groups excluding carboxylic acids is 1. The van der Waals surface area contributed by atoms with Gasteiger partial charge in [-0.3, -0.25) is 4.79 Å². The lowest BCUT2D eigenvalue weighted by molar-refractivity contribution is -0.141. The van der Waals surface area contributed by atoms with E-state index in [0.717, 1.165) is 11.0 Å². The SMILES string of the molecule is COC(=O)CCOCCOCCOCCOCCOCCOCCI. The van der Waals surface area contributed by atoms with Crippen molar-refractivity contribution in [3.63, 3.8) is 0 Å². The van der Waals surface area contributed by atoms with Gasteiger partial charge in [0.2, 0.25) is 0 Å². The smallest absolute Gasteiger partial charge is 0.307 e. The summed E-state index contributed by atoms with van der Waals surface area (Å²) >= 11 is 2.27. The quantitative estimate of drug-likeness (QED) is 0.111. The molecule has 0 aliphatic carbocycles. The molecule has 8 nitrogen and oxygen atoms in total. The molecule has 0 heterocycles. The van der Waals surface area contributed by atoms with Crippen molar-refractivity contribution in [2.45, 2.75) is 6.42 Å². The molecular formula is C16H31IO8. The van der Waals surface area contributed by atoms with E-state index in [-0.39, 0.29) is 12.4 Å². The molecule has 0 saturated carbocycles. The van der Waals surface area contributed by atoms with Crippen molar-refractivity contribution >= 4 is 28.6 Å². The average molecular weight is 478 g/mol. The largest absolute Gasteiger partial charge is 0.469 e. The molecule has 25 heavy (non-hydrogen) atoms. The third kappa shape index (κ3) is 21.9. The second-order valence-corrected chi connectivity index (χ2v) is 5.77. The second-order valence-electron chi connectivity index (χ2n) is 4.69. The Morgan fingerprint density at radius 1 is 0.600 bits per heavy atom. The van der Waals surface area contributed by atoms with Gasteiger partial charge in [0, 0.05) is 4.43 Å². The topological polar surface area (TPSA) is 81.7 Å². The number of esters is 1. The highest BCUT2D eigenvalue weighted by Gasteiger charge is 1.99. The molecule has 0 spiro atoms. The van der Waals surface area contributed by atoms with Crippen LogP contribution < -0.4 is 0 Å². The minimum atomic E-state index is -0.274. The number of hydrogen-bond donors (Lipinski definition) is 0. The molecule has 0 aromatic rings. The van der Waals surface area contributed by atoms with Crippen molar-refractivity contribution in [2.75, 3.05) is 90.8 Å². The maximum Gasteiger partial charge on any atom is 0.307 e. The Morgan fingerprint density at radius 3 is 1.24 bits per heavy atom. The summed E-state index contributed by atoms with van der Waals surface area (Å²) in [7, 11) is 1.36. The monoisotopic (exact) mass is 478 g/mol. The lowest BCUT2D eigenvalue weighted by Crippen LogP contribution is -2.14. The van der Waals surface area contributed by atoms with Gasteiger partial charge in [-0.25, -0.2) is 0 Å². The summed E-state index contributed by atoms with van der Waals surface area (Å²) in [5.74, 6) is -0.274. The van der Waals surface area contributed by atoms with E-state index in [1.807, 2.05) is 0 Å². The van der Waals surface area contributed by atoms with Crippen molar-refractivity contribution in [1.82, 2.24) is 0 Å². The number of hydrogen-bond acceptors (Lipinski definition) is 8. The molecule has 0 aliphatic rings. The molecule has 0 radical (unpaired) electrons. The molecule has 0 N–H and O–H groups in total. The Kier molecular flexibility index (Phi) is 22.0. The first kappa shape index (κ1) is 25.0. The molecule has 150 valence electrons. The standard InChI is InChI=1S/C16H31IO8/c1-19-16(18)2-4-20-6-8-22-10-12-24-14-15-25-13-11-23-9-7-21-5-3-17/h2-15H2,1H3. The Hall–Kier alpha value is -0.0400. The fourth-order valence-corrected chi connectivity index (χ4v) is 1.83. The summed E-state index contributed by atoms with van der Waals surface area (Å²) in [6.07, 6.45) is 0.261. The molecule has 0 aliphatic heterocycles. The molecule has 0 saturated heterocycles. The van der Waals surface area contributed by atoms with Gasteiger partial charge in [0.15, 0.2) is 0 Å². The fraction of sp³-hybridized carbons (Fsp3) is 0.938. The van der Waals surface area contributed by atoms with E-state index in [1.54, 1.807) is 0 Å². The Labute approximate surface area is 163 Å². The average Bonchev–Trinajstić information content (AvgIpc) is 2.63. The summed E-state index contributed by atoms with van der Waals surface area (Å²) in [5, 5.41) is 0. The number of halogens is 1. The predicted molar refractivity (Wildman–Crippen MR) is 100 cm³/mol. The van der Waals surface area contributed by atoms with Gasteiger partial charge < -0.3 is 33.2 Å². The molecule has 0 fully saturated rings. The van der Waals surface area contributed by atoms with Gasteiger partial charge in [0.05, 0.1) is 92.8 Å². The van der Waals surface area contributed by atoms with Gasteiger partial charge in [-0.15, -0.1) is 0 Å². The van der Waals surface area contributed by atoms with Gasteiger partial charge in [-0.05, 0) is 0 Å². The fourth-order valence-electron chi connectivity index (χ4n) is 1.51. The zero-order valence-electron chi connectivity index (χ0n) is 15.0. The minimum Gasteiger partial charge on any atom is -0.469 e. The predicted octanol–water partition coefficient (Wildman–Crippen LogP) is 1.08. The first-order valence-corrected chi connectivity index (χ1v) is 9.93. The van der Waals surface area contributed by atoms with E-state index in [2.05, 4.69) is 27.3 Å². The number of methoxy groups -OCH3 is 1. The normalized spacial score (nSPS) is 11.0. The summed E-state index contributed by atoms with van der Waals surface area (Å²) in [5.41, 5.74) is 0. The lowest BCUT2D eigenvalue weighted by Gasteiger charge is -2.08. The van der Waals surface area contributed by atoms with Crippen LogP contribution >= 0.6 is 22.6 Å². The van der Waals surface area contributed by atoms with E-state index < -0.39 is 0 Å². The number of carbonyl (C=O) groups is 1. The Balaban J connectivity index is 2.99. The molecule has 0 rings (SSSR count). The van der Waals surface area contributed by atoms with Crippen molar-refractivity contribution in [3.05, 3.63) is 0 Å². The first-order valence-electron chi connectivity index (χ1n) is 8.40. The Bertz CT molecular complexity index is 281. The van der Waals surface area contributed by atoms with Crippen LogP contribution in [0.25, 0.3) is 0 Å². The van der Waals surface area contributed by atoms with Crippen LogP contribution in [-0.4, -0.2) is 96.8 Å². The second kappa shape index (κ2) is 22.0. The molecule has 0 aromatic carbocycles. The zero-order valence-corrected chi connectivity index (χ0v) is 17.2. The molecule has 9 heteroatoms. The van der Waals surface area contributed by atoms with Crippen LogP contribution in [-0.2, 0) is 38.0 Å². The first-order chi connectivity index (χ1) is 12.3. The third-order valence-electron chi connectivity index (χ3n) is 2.76. The minimum absolute atomic E-state index is 0.261. The third-order valence-corrected chi connectivity index (χ3v) is 3.20. The van der Waals surface area contributed by atoms with E-state index in [0.29, 0.717) is 72.7 Å². The van der Waals surface area contributed by atoms with Crippen LogP contribution in [0.4, 0.5) is 0 Å². The van der Waals surface area contributed by atoms with Crippen LogP contribution in [0.2, 0.25) is 0 Å². The summed E-state index contributed by atoms with van der Waals surface area (Å²) in [6.45, 7) is 6.44. The van der Waals surface area contributed by atoms with Crippen LogP contribution in [0, 0.1) is 0 Å². The maximum atomic E-state index is 10.8. The van der Waals surface area contributed by atoms with Crippen molar-refractivity contribution in [1.29, 1.82) is 0 Å². The van der Waals surface area contributed by atoms with Crippen LogP contribution in [0.3, 0.4) is 0 Å². The van der Waals surface area contributed by atoms with E-state index in [1.165, 1.54) is 7.11 Å². The summed E-state index contributed by atoms with van der Waals surface area (Å²) in [6, 6.07) is 0. The lowest BCUT2D eigenvalue weighted by atomic mass is 10.5.